The van der Waals surface area contributed by atoms with Crippen molar-refractivity contribution in [2.24, 2.45) is 0 Å². The molecule has 2 N–H and O–H groups in total. The van der Waals surface area contributed by atoms with E-state index in [0.29, 0.717) is 32.3 Å². The molecule has 1 aliphatic heterocycles. The van der Waals surface area contributed by atoms with E-state index in [1.54, 1.807) is 7.11 Å². The lowest BCUT2D eigenvalue weighted by atomic mass is 10.1. The van der Waals surface area contributed by atoms with Gasteiger partial charge in [-0.25, -0.2) is 0 Å². The van der Waals surface area contributed by atoms with Crippen LogP contribution in [-0.4, -0.2) is 85.9 Å². The minimum absolute atomic E-state index is 0.0808. The van der Waals surface area contributed by atoms with Crippen LogP contribution in [0.15, 0.2) is 0 Å². The number of methoxy groups -OCH3 is 1. The summed E-state index contributed by atoms with van der Waals surface area (Å²) in [7, 11) is 1.66. The lowest BCUT2D eigenvalue weighted by Gasteiger charge is -2.40. The average molecular weight is 287 g/mol. The first-order valence-electron chi connectivity index (χ1n) is 7.43. The van der Waals surface area contributed by atoms with Crippen LogP contribution in [0.4, 0.5) is 0 Å². The van der Waals surface area contributed by atoms with Gasteiger partial charge in [0.2, 0.25) is 5.91 Å². The highest BCUT2D eigenvalue weighted by Gasteiger charge is 2.25. The van der Waals surface area contributed by atoms with Gasteiger partial charge in [-0.2, -0.15) is 0 Å². The molecule has 1 saturated heterocycles. The Morgan fingerprint density at radius 1 is 1.50 bits per heavy atom. The molecule has 0 aromatic rings. The van der Waals surface area contributed by atoms with E-state index < -0.39 is 0 Å². The Kier molecular flexibility index (Phi) is 8.06. The fourth-order valence-electron chi connectivity index (χ4n) is 2.53. The number of piperazine rings is 1. The Labute approximate surface area is 122 Å². The van der Waals surface area contributed by atoms with Crippen molar-refractivity contribution in [1.82, 2.24) is 15.1 Å². The molecular formula is C14H29N3O3. The highest BCUT2D eigenvalue weighted by molar-refractivity contribution is 5.77. The smallest absolute Gasteiger partial charge is 0.234 e. The summed E-state index contributed by atoms with van der Waals surface area (Å²) in [5.74, 6) is 0.0808. The summed E-state index contributed by atoms with van der Waals surface area (Å²) in [5.41, 5.74) is 0. The third-order valence-corrected chi connectivity index (χ3v) is 3.56. The van der Waals surface area contributed by atoms with Gasteiger partial charge in [-0.15, -0.1) is 0 Å². The van der Waals surface area contributed by atoms with E-state index >= 15 is 0 Å². The Balaban J connectivity index is 2.21. The van der Waals surface area contributed by atoms with Gasteiger partial charge in [0.25, 0.3) is 0 Å². The number of carbonyl (C=O) groups is 1. The number of β-amino-alcohol motifs (C(OH)–C–C–N with tert-alkyl or cyclic N) is 1. The predicted molar refractivity (Wildman–Crippen MR) is 78.7 cm³/mol. The zero-order valence-electron chi connectivity index (χ0n) is 13.0. The van der Waals surface area contributed by atoms with Crippen LogP contribution in [0.1, 0.15) is 20.3 Å². The van der Waals surface area contributed by atoms with Gasteiger partial charge in [-0.05, 0) is 20.3 Å². The third kappa shape index (κ3) is 6.65. The third-order valence-electron chi connectivity index (χ3n) is 3.56. The summed E-state index contributed by atoms with van der Waals surface area (Å²) < 4.78 is 4.94. The van der Waals surface area contributed by atoms with Crippen LogP contribution in [0.5, 0.6) is 0 Å². The second-order valence-electron chi connectivity index (χ2n) is 5.62. The van der Waals surface area contributed by atoms with Crippen molar-refractivity contribution in [3.05, 3.63) is 0 Å². The van der Waals surface area contributed by atoms with E-state index in [-0.39, 0.29) is 12.0 Å². The highest BCUT2D eigenvalue weighted by Crippen LogP contribution is 2.09. The molecule has 0 aromatic carbocycles. The minimum Gasteiger partial charge on any atom is -0.392 e. The molecule has 0 bridgehead atoms. The van der Waals surface area contributed by atoms with Gasteiger partial charge in [0.05, 0.1) is 12.6 Å². The first-order chi connectivity index (χ1) is 9.52. The molecule has 1 aliphatic rings. The summed E-state index contributed by atoms with van der Waals surface area (Å²) in [4.78, 5) is 16.2. The molecule has 20 heavy (non-hydrogen) atoms. The Morgan fingerprint density at radius 3 is 2.85 bits per heavy atom. The van der Waals surface area contributed by atoms with E-state index in [2.05, 4.69) is 22.0 Å². The molecule has 0 aliphatic carbocycles. The fraction of sp³-hybridized carbons (Fsp3) is 0.929. The molecule has 0 aromatic heterocycles. The fourth-order valence-corrected chi connectivity index (χ4v) is 2.53. The summed E-state index contributed by atoms with van der Waals surface area (Å²) in [6.07, 6.45) is 0.550. The summed E-state index contributed by atoms with van der Waals surface area (Å²) in [6.45, 7) is 9.12. The highest BCUT2D eigenvalue weighted by atomic mass is 16.5. The first-order valence-corrected chi connectivity index (χ1v) is 7.43. The zero-order valence-corrected chi connectivity index (χ0v) is 13.0. The number of ether oxygens (including phenoxy) is 1. The summed E-state index contributed by atoms with van der Waals surface area (Å²) in [5, 5.41) is 12.4. The number of hydrogen-bond donors (Lipinski definition) is 2. The molecule has 1 rings (SSSR count). The number of hydrogen-bond acceptors (Lipinski definition) is 5. The number of carbonyl (C=O) groups excluding carboxylic acids is 1. The van der Waals surface area contributed by atoms with Gasteiger partial charge in [-0.3, -0.25) is 14.6 Å². The average Bonchev–Trinajstić information content (AvgIpc) is 2.37. The number of amides is 1. The Morgan fingerprint density at radius 2 is 2.25 bits per heavy atom. The van der Waals surface area contributed by atoms with Crippen LogP contribution in [-0.2, 0) is 9.53 Å². The molecule has 2 atom stereocenters. The van der Waals surface area contributed by atoms with Gasteiger partial charge in [0, 0.05) is 52.5 Å². The minimum atomic E-state index is -0.298. The molecular weight excluding hydrogens is 258 g/mol. The first kappa shape index (κ1) is 17.4. The van der Waals surface area contributed by atoms with Gasteiger partial charge in [0.15, 0.2) is 0 Å². The van der Waals surface area contributed by atoms with Crippen molar-refractivity contribution in [1.29, 1.82) is 0 Å². The Hall–Kier alpha value is -0.690. The number of aliphatic hydroxyl groups is 1. The predicted octanol–water partition coefficient (Wildman–Crippen LogP) is -0.474. The number of nitrogens with zero attached hydrogens (tertiary/aromatic N) is 2. The van der Waals surface area contributed by atoms with E-state index in [1.807, 2.05) is 6.92 Å². The van der Waals surface area contributed by atoms with Crippen LogP contribution in [0.25, 0.3) is 0 Å². The summed E-state index contributed by atoms with van der Waals surface area (Å²) >= 11 is 0. The molecule has 0 radical (unpaired) electrons. The van der Waals surface area contributed by atoms with Crippen molar-refractivity contribution in [3.63, 3.8) is 0 Å². The monoisotopic (exact) mass is 287 g/mol. The molecule has 1 heterocycles. The second kappa shape index (κ2) is 9.28. The normalized spacial score (nSPS) is 22.7. The molecule has 1 amide bonds. The quantitative estimate of drug-likeness (QED) is 0.591. The van der Waals surface area contributed by atoms with E-state index in [0.717, 1.165) is 26.1 Å². The molecule has 0 saturated carbocycles. The maximum atomic E-state index is 11.8. The Bertz CT molecular complexity index is 287. The van der Waals surface area contributed by atoms with Crippen LogP contribution < -0.4 is 5.32 Å². The SMILES string of the molecule is COCCCNC(=O)CN1CCN(C[C@@H](C)O)[C@H](C)C1. The van der Waals surface area contributed by atoms with E-state index in [9.17, 15) is 9.90 Å². The molecule has 0 unspecified atom stereocenters. The van der Waals surface area contributed by atoms with Gasteiger partial charge in [-0.1, -0.05) is 0 Å². The second-order valence-corrected chi connectivity index (χ2v) is 5.62. The molecule has 1 fully saturated rings. The number of rotatable bonds is 8. The number of aliphatic hydroxyl groups excluding tert-OH is 1. The van der Waals surface area contributed by atoms with Crippen LogP contribution in [0.2, 0.25) is 0 Å². The molecule has 118 valence electrons. The standard InChI is InChI=1S/C14H29N3O3/c1-12-9-16(6-7-17(12)10-13(2)18)11-14(19)15-5-4-8-20-3/h12-13,18H,4-11H2,1-3H3,(H,15,19)/t12-,13-/m1/s1. The topological polar surface area (TPSA) is 65.0 Å². The maximum absolute atomic E-state index is 11.8. The molecule has 0 spiro atoms. The van der Waals surface area contributed by atoms with Crippen molar-refractivity contribution < 1.29 is 14.6 Å². The van der Waals surface area contributed by atoms with E-state index in [1.165, 1.54) is 0 Å². The largest absolute Gasteiger partial charge is 0.392 e. The van der Waals surface area contributed by atoms with Crippen LogP contribution >= 0.6 is 0 Å². The van der Waals surface area contributed by atoms with Crippen LogP contribution in [0, 0.1) is 0 Å². The molecule has 6 nitrogen and oxygen atoms in total. The van der Waals surface area contributed by atoms with Crippen molar-refractivity contribution in [3.8, 4) is 0 Å². The van der Waals surface area contributed by atoms with Gasteiger partial charge >= 0.3 is 0 Å². The lowest BCUT2D eigenvalue weighted by Crippen LogP contribution is -2.55. The number of nitrogens with one attached hydrogen (secondary N) is 1. The van der Waals surface area contributed by atoms with Gasteiger partial charge < -0.3 is 15.2 Å². The van der Waals surface area contributed by atoms with Crippen molar-refractivity contribution in [2.75, 3.05) is 53.0 Å². The zero-order chi connectivity index (χ0) is 15.0. The summed E-state index contributed by atoms with van der Waals surface area (Å²) in [6, 6.07) is 0.375. The van der Waals surface area contributed by atoms with Crippen molar-refractivity contribution in [2.45, 2.75) is 32.4 Å². The van der Waals surface area contributed by atoms with Crippen molar-refractivity contribution >= 4 is 5.91 Å². The van der Waals surface area contributed by atoms with Gasteiger partial charge in [0.1, 0.15) is 0 Å². The lowest BCUT2D eigenvalue weighted by molar-refractivity contribution is -0.123. The van der Waals surface area contributed by atoms with E-state index in [4.69, 9.17) is 4.74 Å². The van der Waals surface area contributed by atoms with Crippen LogP contribution in [0.3, 0.4) is 0 Å². The maximum Gasteiger partial charge on any atom is 0.234 e. The molecule has 6 heteroatoms.